The van der Waals surface area contributed by atoms with Gasteiger partial charge in [0.05, 0.1) is 7.11 Å². The molecule has 0 aliphatic rings. The smallest absolute Gasteiger partial charge is 0.124 e. The Bertz CT molecular complexity index is 317. The van der Waals surface area contributed by atoms with Gasteiger partial charge in [0.25, 0.3) is 0 Å². The minimum atomic E-state index is 0.269. The number of halogens is 1. The number of ether oxygens (including phenoxy) is 1. The molecular weight excluding hydrogens is 212 g/mol. The van der Waals surface area contributed by atoms with Crippen LogP contribution in [-0.2, 0) is 6.54 Å². The topological polar surface area (TPSA) is 47.3 Å². The number of rotatable bonds is 5. The van der Waals surface area contributed by atoms with E-state index in [2.05, 4.69) is 5.32 Å². The standard InChI is InChI=1S/C11H17ClN2O/c1-8(6-13)14-7-9-10(12)4-3-5-11(9)15-2/h3-5,8,14H,6-7,13H2,1-2H3. The first-order chi connectivity index (χ1) is 7.19. The first-order valence-electron chi connectivity index (χ1n) is 4.94. The van der Waals surface area contributed by atoms with Crippen molar-refractivity contribution in [2.75, 3.05) is 13.7 Å². The van der Waals surface area contributed by atoms with Crippen LogP contribution in [0.2, 0.25) is 5.02 Å². The molecule has 1 atom stereocenters. The van der Waals surface area contributed by atoms with E-state index in [1.54, 1.807) is 7.11 Å². The first-order valence-corrected chi connectivity index (χ1v) is 5.31. The summed E-state index contributed by atoms with van der Waals surface area (Å²) < 4.78 is 5.24. The SMILES string of the molecule is COc1cccc(Cl)c1CNC(C)CN. The van der Waals surface area contributed by atoms with E-state index in [1.165, 1.54) is 0 Å². The van der Waals surface area contributed by atoms with Gasteiger partial charge in [-0.25, -0.2) is 0 Å². The lowest BCUT2D eigenvalue weighted by atomic mass is 10.2. The molecule has 84 valence electrons. The lowest BCUT2D eigenvalue weighted by Gasteiger charge is -2.14. The van der Waals surface area contributed by atoms with E-state index in [0.717, 1.165) is 11.3 Å². The molecule has 15 heavy (non-hydrogen) atoms. The Labute approximate surface area is 95.6 Å². The fourth-order valence-electron chi connectivity index (χ4n) is 1.26. The number of methoxy groups -OCH3 is 1. The molecule has 1 unspecified atom stereocenters. The highest BCUT2D eigenvalue weighted by atomic mass is 35.5. The van der Waals surface area contributed by atoms with Crippen LogP contribution in [0.3, 0.4) is 0 Å². The summed E-state index contributed by atoms with van der Waals surface area (Å²) in [4.78, 5) is 0. The van der Waals surface area contributed by atoms with Crippen LogP contribution in [0.15, 0.2) is 18.2 Å². The van der Waals surface area contributed by atoms with E-state index >= 15 is 0 Å². The van der Waals surface area contributed by atoms with Crippen molar-refractivity contribution in [1.29, 1.82) is 0 Å². The van der Waals surface area contributed by atoms with Crippen molar-refractivity contribution in [3.8, 4) is 5.75 Å². The Kier molecular flexibility index (Phi) is 4.88. The summed E-state index contributed by atoms with van der Waals surface area (Å²) in [5.41, 5.74) is 6.49. The molecule has 0 radical (unpaired) electrons. The Morgan fingerprint density at radius 1 is 1.53 bits per heavy atom. The summed E-state index contributed by atoms with van der Waals surface area (Å²) in [6, 6.07) is 5.90. The largest absolute Gasteiger partial charge is 0.496 e. The van der Waals surface area contributed by atoms with E-state index < -0.39 is 0 Å². The van der Waals surface area contributed by atoms with E-state index in [0.29, 0.717) is 18.1 Å². The Hall–Kier alpha value is -0.770. The molecule has 3 N–H and O–H groups in total. The van der Waals surface area contributed by atoms with Crippen molar-refractivity contribution in [3.05, 3.63) is 28.8 Å². The zero-order valence-electron chi connectivity index (χ0n) is 9.09. The third kappa shape index (κ3) is 3.38. The average molecular weight is 229 g/mol. The van der Waals surface area contributed by atoms with Crippen LogP contribution in [0.25, 0.3) is 0 Å². The predicted octanol–water partition coefficient (Wildman–Crippen LogP) is 1.79. The number of nitrogens with two attached hydrogens (primary N) is 1. The van der Waals surface area contributed by atoms with Gasteiger partial charge in [-0.3, -0.25) is 0 Å². The average Bonchev–Trinajstić information content (AvgIpc) is 2.26. The normalized spacial score (nSPS) is 12.5. The maximum absolute atomic E-state index is 6.08. The Morgan fingerprint density at radius 3 is 2.87 bits per heavy atom. The number of hydrogen-bond donors (Lipinski definition) is 2. The highest BCUT2D eigenvalue weighted by Gasteiger charge is 2.08. The molecule has 0 amide bonds. The van der Waals surface area contributed by atoms with E-state index in [4.69, 9.17) is 22.1 Å². The molecule has 0 aromatic heterocycles. The summed E-state index contributed by atoms with van der Waals surface area (Å²) in [7, 11) is 1.64. The molecule has 0 saturated heterocycles. The van der Waals surface area contributed by atoms with Gasteiger partial charge in [0, 0.05) is 29.7 Å². The zero-order chi connectivity index (χ0) is 11.3. The second-order valence-electron chi connectivity index (χ2n) is 3.44. The molecule has 0 bridgehead atoms. The van der Waals surface area contributed by atoms with Crippen LogP contribution in [0.5, 0.6) is 5.75 Å². The summed E-state index contributed by atoms with van der Waals surface area (Å²) in [5.74, 6) is 0.805. The van der Waals surface area contributed by atoms with Gasteiger partial charge >= 0.3 is 0 Å². The molecule has 0 spiro atoms. The Balaban J connectivity index is 2.74. The fourth-order valence-corrected chi connectivity index (χ4v) is 1.49. The monoisotopic (exact) mass is 228 g/mol. The second-order valence-corrected chi connectivity index (χ2v) is 3.85. The van der Waals surface area contributed by atoms with Gasteiger partial charge in [0.15, 0.2) is 0 Å². The van der Waals surface area contributed by atoms with Crippen molar-refractivity contribution < 1.29 is 4.74 Å². The van der Waals surface area contributed by atoms with Crippen LogP contribution < -0.4 is 15.8 Å². The summed E-state index contributed by atoms with van der Waals surface area (Å²) in [6.45, 7) is 3.30. The van der Waals surface area contributed by atoms with Crippen molar-refractivity contribution >= 4 is 11.6 Å². The van der Waals surface area contributed by atoms with E-state index in [9.17, 15) is 0 Å². The first kappa shape index (κ1) is 12.3. The van der Waals surface area contributed by atoms with Crippen LogP contribution in [-0.4, -0.2) is 19.7 Å². The van der Waals surface area contributed by atoms with Gasteiger partial charge in [0.1, 0.15) is 5.75 Å². The van der Waals surface area contributed by atoms with Gasteiger partial charge in [-0.1, -0.05) is 17.7 Å². The quantitative estimate of drug-likeness (QED) is 0.808. The molecule has 0 aliphatic carbocycles. The van der Waals surface area contributed by atoms with Crippen molar-refractivity contribution in [1.82, 2.24) is 5.32 Å². The van der Waals surface area contributed by atoms with Crippen molar-refractivity contribution in [2.24, 2.45) is 5.73 Å². The third-order valence-corrected chi connectivity index (χ3v) is 2.63. The molecule has 1 aromatic carbocycles. The highest BCUT2D eigenvalue weighted by Crippen LogP contribution is 2.25. The van der Waals surface area contributed by atoms with Gasteiger partial charge < -0.3 is 15.8 Å². The minimum absolute atomic E-state index is 0.269. The van der Waals surface area contributed by atoms with Crippen LogP contribution in [0.4, 0.5) is 0 Å². The summed E-state index contributed by atoms with van der Waals surface area (Å²) >= 11 is 6.08. The van der Waals surface area contributed by atoms with Gasteiger partial charge in [0.2, 0.25) is 0 Å². The molecule has 0 aliphatic heterocycles. The highest BCUT2D eigenvalue weighted by molar-refractivity contribution is 6.31. The van der Waals surface area contributed by atoms with Gasteiger partial charge in [-0.15, -0.1) is 0 Å². The number of nitrogens with one attached hydrogen (secondary N) is 1. The molecule has 1 rings (SSSR count). The maximum Gasteiger partial charge on any atom is 0.124 e. The number of hydrogen-bond acceptors (Lipinski definition) is 3. The van der Waals surface area contributed by atoms with Crippen molar-refractivity contribution in [2.45, 2.75) is 19.5 Å². The van der Waals surface area contributed by atoms with E-state index in [1.807, 2.05) is 25.1 Å². The second kappa shape index (κ2) is 5.95. The van der Waals surface area contributed by atoms with Gasteiger partial charge in [-0.2, -0.15) is 0 Å². The summed E-state index contributed by atoms with van der Waals surface area (Å²) in [5, 5.41) is 3.99. The Morgan fingerprint density at radius 2 is 2.27 bits per heavy atom. The fraction of sp³-hybridized carbons (Fsp3) is 0.455. The van der Waals surface area contributed by atoms with Crippen LogP contribution in [0, 0.1) is 0 Å². The van der Waals surface area contributed by atoms with Crippen LogP contribution >= 0.6 is 11.6 Å². The molecule has 0 fully saturated rings. The lowest BCUT2D eigenvalue weighted by molar-refractivity contribution is 0.406. The van der Waals surface area contributed by atoms with Crippen molar-refractivity contribution in [3.63, 3.8) is 0 Å². The lowest BCUT2D eigenvalue weighted by Crippen LogP contribution is -2.32. The third-order valence-electron chi connectivity index (χ3n) is 2.28. The molecule has 0 heterocycles. The predicted molar refractivity (Wildman–Crippen MR) is 63.4 cm³/mol. The molecule has 4 heteroatoms. The summed E-state index contributed by atoms with van der Waals surface area (Å²) in [6.07, 6.45) is 0. The van der Waals surface area contributed by atoms with Gasteiger partial charge in [-0.05, 0) is 19.1 Å². The van der Waals surface area contributed by atoms with Crippen LogP contribution in [0.1, 0.15) is 12.5 Å². The zero-order valence-corrected chi connectivity index (χ0v) is 9.84. The molecule has 3 nitrogen and oxygen atoms in total. The minimum Gasteiger partial charge on any atom is -0.496 e. The number of benzene rings is 1. The van der Waals surface area contributed by atoms with E-state index in [-0.39, 0.29) is 6.04 Å². The molecule has 1 aromatic rings. The molecule has 0 saturated carbocycles. The molecular formula is C11H17ClN2O. The maximum atomic E-state index is 6.08.